The van der Waals surface area contributed by atoms with Crippen LogP contribution in [0.25, 0.3) is 0 Å². The van der Waals surface area contributed by atoms with Gasteiger partial charge in [-0.1, -0.05) is 20.4 Å². The molecule has 0 aliphatic carbocycles. The first-order valence-electron chi connectivity index (χ1n) is 11.0. The van der Waals surface area contributed by atoms with Gasteiger partial charge in [-0.05, 0) is 56.0 Å². The minimum absolute atomic E-state index is 0.140. The molecule has 3 unspecified atom stereocenters. The van der Waals surface area contributed by atoms with Crippen molar-refractivity contribution in [1.82, 2.24) is 30.7 Å². The smallest absolute Gasteiger partial charge is 0.123 e. The third kappa shape index (κ3) is 6.62. The molecule has 0 radical (unpaired) electrons. The van der Waals surface area contributed by atoms with E-state index in [2.05, 4.69) is 71.3 Å². The van der Waals surface area contributed by atoms with Crippen LogP contribution in [0.15, 0.2) is 42.2 Å². The number of likely N-dealkylation sites (N-methyl/N-ethyl adjacent to an activating group) is 2. The number of pyridine rings is 1. The molecule has 174 valence electrons. The molecule has 0 aromatic carbocycles. The standard InChI is InChI=1S/C23H41N7S/c1-8-31-22(18-9-11-28-20(24)15-18)29(7)14-12-27-19(16-25-5)21(26-6)30-13-10-23(3,4)17(30)2/h8-9,11,15-17,21-22,25-27H,1,10,12-14H2,2-7H3,(H2,24,28)/b19-16+. The molecule has 1 saturated heterocycles. The van der Waals surface area contributed by atoms with Crippen LogP contribution in [0, 0.1) is 5.41 Å². The monoisotopic (exact) mass is 447 g/mol. The Morgan fingerprint density at radius 2 is 2.23 bits per heavy atom. The Kier molecular flexibility index (Phi) is 9.68. The molecule has 7 nitrogen and oxygen atoms in total. The summed E-state index contributed by atoms with van der Waals surface area (Å²) in [4.78, 5) is 8.97. The first kappa shape index (κ1) is 25.5. The van der Waals surface area contributed by atoms with E-state index in [0.717, 1.165) is 30.9 Å². The lowest BCUT2D eigenvalue weighted by Gasteiger charge is -2.37. The number of nitrogens with one attached hydrogen (secondary N) is 3. The Labute approximate surface area is 192 Å². The number of hydrogen-bond donors (Lipinski definition) is 4. The van der Waals surface area contributed by atoms with Crippen LogP contribution in [0.5, 0.6) is 0 Å². The maximum atomic E-state index is 5.90. The number of hydrogen-bond acceptors (Lipinski definition) is 8. The van der Waals surface area contributed by atoms with Crippen molar-refractivity contribution < 1.29 is 0 Å². The number of rotatable bonds is 12. The van der Waals surface area contributed by atoms with Gasteiger partial charge in [0, 0.05) is 45.1 Å². The van der Waals surface area contributed by atoms with Gasteiger partial charge in [0.05, 0.1) is 11.1 Å². The van der Waals surface area contributed by atoms with Crippen molar-refractivity contribution in [2.24, 2.45) is 5.41 Å². The van der Waals surface area contributed by atoms with E-state index < -0.39 is 0 Å². The second-order valence-electron chi connectivity index (χ2n) is 8.81. The molecule has 1 aliphatic rings. The molecular weight excluding hydrogens is 406 g/mol. The molecular formula is C23H41N7S. The van der Waals surface area contributed by atoms with Gasteiger partial charge in [-0.3, -0.25) is 15.1 Å². The van der Waals surface area contributed by atoms with Crippen molar-refractivity contribution >= 4 is 17.6 Å². The Balaban J connectivity index is 2.04. The van der Waals surface area contributed by atoms with Crippen molar-refractivity contribution in [2.75, 3.05) is 46.5 Å². The average molecular weight is 448 g/mol. The summed E-state index contributed by atoms with van der Waals surface area (Å²) in [6.45, 7) is 13.7. The molecule has 0 spiro atoms. The van der Waals surface area contributed by atoms with Gasteiger partial charge in [0.2, 0.25) is 0 Å². The van der Waals surface area contributed by atoms with Crippen LogP contribution < -0.4 is 21.7 Å². The van der Waals surface area contributed by atoms with Crippen LogP contribution in [0.1, 0.15) is 38.1 Å². The second-order valence-corrected chi connectivity index (χ2v) is 9.86. The van der Waals surface area contributed by atoms with Gasteiger partial charge in [-0.25, -0.2) is 4.98 Å². The summed E-state index contributed by atoms with van der Waals surface area (Å²) in [6, 6.07) is 4.45. The van der Waals surface area contributed by atoms with Crippen LogP contribution >= 0.6 is 11.8 Å². The summed E-state index contributed by atoms with van der Waals surface area (Å²) in [7, 11) is 6.11. The first-order chi connectivity index (χ1) is 14.7. The summed E-state index contributed by atoms with van der Waals surface area (Å²) in [5, 5.41) is 12.4. The molecule has 0 bridgehead atoms. The van der Waals surface area contributed by atoms with Gasteiger partial charge >= 0.3 is 0 Å². The van der Waals surface area contributed by atoms with E-state index in [1.807, 2.05) is 31.6 Å². The molecule has 1 fully saturated rings. The summed E-state index contributed by atoms with van der Waals surface area (Å²) in [5.74, 6) is 0.539. The van der Waals surface area contributed by atoms with Gasteiger partial charge in [0.1, 0.15) is 12.0 Å². The van der Waals surface area contributed by atoms with Gasteiger partial charge in [-0.2, -0.15) is 0 Å². The number of aromatic nitrogens is 1. The number of nitrogens with zero attached hydrogens (tertiary/aromatic N) is 3. The van der Waals surface area contributed by atoms with Crippen molar-refractivity contribution in [3.63, 3.8) is 0 Å². The Bertz CT molecular complexity index is 736. The van der Waals surface area contributed by atoms with Crippen molar-refractivity contribution in [3.8, 4) is 0 Å². The zero-order chi connectivity index (χ0) is 23.0. The fourth-order valence-corrected chi connectivity index (χ4v) is 4.94. The maximum Gasteiger partial charge on any atom is 0.123 e. The Hall–Kier alpha value is -1.74. The largest absolute Gasteiger partial charge is 0.392 e. The molecule has 1 aliphatic heterocycles. The molecule has 31 heavy (non-hydrogen) atoms. The number of thioether (sulfide) groups is 1. The summed E-state index contributed by atoms with van der Waals surface area (Å²) in [5.41, 5.74) is 8.51. The Morgan fingerprint density at radius 1 is 1.48 bits per heavy atom. The minimum Gasteiger partial charge on any atom is -0.392 e. The Morgan fingerprint density at radius 3 is 2.77 bits per heavy atom. The van der Waals surface area contributed by atoms with E-state index in [-0.39, 0.29) is 11.5 Å². The van der Waals surface area contributed by atoms with Crippen molar-refractivity contribution in [3.05, 3.63) is 47.8 Å². The highest BCUT2D eigenvalue weighted by Crippen LogP contribution is 2.37. The predicted molar refractivity (Wildman–Crippen MR) is 134 cm³/mol. The van der Waals surface area contributed by atoms with E-state index in [4.69, 9.17) is 5.73 Å². The fourth-order valence-electron chi connectivity index (χ4n) is 4.14. The van der Waals surface area contributed by atoms with Gasteiger partial charge in [-0.15, -0.1) is 11.8 Å². The lowest BCUT2D eigenvalue weighted by molar-refractivity contribution is 0.142. The van der Waals surface area contributed by atoms with Gasteiger partial charge in [0.25, 0.3) is 0 Å². The molecule has 1 aromatic heterocycles. The van der Waals surface area contributed by atoms with E-state index >= 15 is 0 Å². The van der Waals surface area contributed by atoms with Gasteiger partial charge < -0.3 is 16.4 Å². The number of nitrogens with two attached hydrogens (primary N) is 1. The van der Waals surface area contributed by atoms with E-state index in [0.29, 0.717) is 17.3 Å². The quantitative estimate of drug-likeness (QED) is 0.364. The highest BCUT2D eigenvalue weighted by molar-refractivity contribution is 8.02. The van der Waals surface area contributed by atoms with Crippen molar-refractivity contribution in [2.45, 2.75) is 44.8 Å². The number of likely N-dealkylation sites (tertiary alicyclic amines) is 1. The lowest BCUT2D eigenvalue weighted by atomic mass is 9.86. The first-order valence-corrected chi connectivity index (χ1v) is 11.9. The highest BCUT2D eigenvalue weighted by atomic mass is 32.2. The second kappa shape index (κ2) is 11.8. The third-order valence-corrected chi connectivity index (χ3v) is 7.43. The number of nitrogen functional groups attached to an aromatic ring is 1. The highest BCUT2D eigenvalue weighted by Gasteiger charge is 2.40. The average Bonchev–Trinajstić information content (AvgIpc) is 2.99. The normalized spacial score (nSPS) is 21.1. The molecule has 3 atom stereocenters. The summed E-state index contributed by atoms with van der Waals surface area (Å²) >= 11 is 1.68. The molecule has 2 rings (SSSR count). The zero-order valence-corrected chi connectivity index (χ0v) is 20.8. The molecule has 8 heteroatoms. The van der Waals surface area contributed by atoms with E-state index in [1.165, 1.54) is 6.42 Å². The van der Waals surface area contributed by atoms with Crippen LogP contribution in [0.3, 0.4) is 0 Å². The molecule has 1 aromatic rings. The number of anilines is 1. The molecule has 2 heterocycles. The molecule has 0 saturated carbocycles. The molecule has 5 N–H and O–H groups in total. The van der Waals surface area contributed by atoms with E-state index in [9.17, 15) is 0 Å². The summed E-state index contributed by atoms with van der Waals surface area (Å²) in [6.07, 6.45) is 5.18. The zero-order valence-electron chi connectivity index (χ0n) is 20.0. The van der Waals surface area contributed by atoms with Crippen LogP contribution in [-0.4, -0.2) is 67.8 Å². The fraction of sp³-hybridized carbons (Fsp3) is 0.609. The molecule has 0 amide bonds. The van der Waals surface area contributed by atoms with Crippen LogP contribution in [-0.2, 0) is 0 Å². The SMILES string of the molecule is C=CSC(c1ccnc(N)c1)N(C)CCN/C(=C/NC)C(NC)N1CCC(C)(C)C1C. The summed E-state index contributed by atoms with van der Waals surface area (Å²) < 4.78 is 0. The van der Waals surface area contributed by atoms with Crippen LogP contribution in [0.4, 0.5) is 5.82 Å². The van der Waals surface area contributed by atoms with E-state index in [1.54, 1.807) is 18.0 Å². The van der Waals surface area contributed by atoms with Gasteiger partial charge in [0.15, 0.2) is 0 Å². The third-order valence-electron chi connectivity index (χ3n) is 6.35. The predicted octanol–water partition coefficient (Wildman–Crippen LogP) is 2.79. The van der Waals surface area contributed by atoms with Crippen LogP contribution in [0.2, 0.25) is 0 Å². The topological polar surface area (TPSA) is 81.5 Å². The van der Waals surface area contributed by atoms with Crippen molar-refractivity contribution in [1.29, 1.82) is 0 Å². The maximum absolute atomic E-state index is 5.90. The lowest BCUT2D eigenvalue weighted by Crippen LogP contribution is -2.52. The minimum atomic E-state index is 0.140.